The van der Waals surface area contributed by atoms with E-state index in [0.717, 1.165) is 26.1 Å². The normalized spacial score (nSPS) is 19.0. The van der Waals surface area contributed by atoms with Crippen molar-refractivity contribution in [3.63, 3.8) is 0 Å². The van der Waals surface area contributed by atoms with Crippen molar-refractivity contribution in [1.82, 2.24) is 10.2 Å². The van der Waals surface area contributed by atoms with E-state index in [4.69, 9.17) is 0 Å². The molecule has 1 aromatic carbocycles. The molecule has 27 heavy (non-hydrogen) atoms. The zero-order valence-corrected chi connectivity index (χ0v) is 16.7. The molecule has 3 heterocycles. The zero-order chi connectivity index (χ0) is 18.9. The standard InChI is InChI=1S/C19H23N3O3S2/c23-19(20-8-11-21-10-6-18-16(14-21)7-12-26-18)15-2-4-17(5-3-15)22-9-1-13-27(22,24)25/h2-5,7,12H,1,6,8-11,13-14H2,(H,20,23). The lowest BCUT2D eigenvalue weighted by Crippen LogP contribution is -2.37. The second kappa shape index (κ2) is 7.61. The Kier molecular flexibility index (Phi) is 5.21. The SMILES string of the molecule is O=C(NCCN1CCc2sccc2C1)c1ccc(N2CCCS2(=O)=O)cc1. The van der Waals surface area contributed by atoms with Crippen LogP contribution in [-0.4, -0.2) is 51.2 Å². The van der Waals surface area contributed by atoms with Gasteiger partial charge in [0, 0.05) is 43.2 Å². The van der Waals surface area contributed by atoms with E-state index in [2.05, 4.69) is 21.7 Å². The fourth-order valence-electron chi connectivity index (χ4n) is 3.64. The van der Waals surface area contributed by atoms with E-state index in [0.29, 0.717) is 30.8 Å². The Balaban J connectivity index is 1.29. The highest BCUT2D eigenvalue weighted by Gasteiger charge is 2.28. The number of thiophene rings is 1. The molecule has 1 saturated heterocycles. The van der Waals surface area contributed by atoms with Crippen LogP contribution >= 0.6 is 11.3 Å². The maximum Gasteiger partial charge on any atom is 0.251 e. The molecule has 0 atom stereocenters. The third-order valence-electron chi connectivity index (χ3n) is 5.12. The minimum Gasteiger partial charge on any atom is -0.351 e. The van der Waals surface area contributed by atoms with Gasteiger partial charge in [-0.3, -0.25) is 14.0 Å². The van der Waals surface area contributed by atoms with Gasteiger partial charge in [-0.1, -0.05) is 0 Å². The van der Waals surface area contributed by atoms with Crippen molar-refractivity contribution in [2.24, 2.45) is 0 Å². The molecule has 0 saturated carbocycles. The van der Waals surface area contributed by atoms with Crippen molar-refractivity contribution in [3.05, 3.63) is 51.7 Å². The van der Waals surface area contributed by atoms with Gasteiger partial charge in [0.05, 0.1) is 11.4 Å². The van der Waals surface area contributed by atoms with Gasteiger partial charge in [-0.2, -0.15) is 0 Å². The van der Waals surface area contributed by atoms with Gasteiger partial charge in [0.15, 0.2) is 0 Å². The molecule has 0 spiro atoms. The first-order valence-electron chi connectivity index (χ1n) is 9.19. The van der Waals surface area contributed by atoms with Crippen LogP contribution in [0.3, 0.4) is 0 Å². The minimum absolute atomic E-state index is 0.126. The maximum atomic E-state index is 12.3. The second-order valence-corrected chi connectivity index (χ2v) is 9.95. The molecule has 0 aliphatic carbocycles. The predicted octanol–water partition coefficient (Wildman–Crippen LogP) is 2.08. The Morgan fingerprint density at radius 1 is 1.15 bits per heavy atom. The lowest BCUT2D eigenvalue weighted by Gasteiger charge is -2.26. The minimum atomic E-state index is -3.19. The Hall–Kier alpha value is -1.90. The summed E-state index contributed by atoms with van der Waals surface area (Å²) in [7, 11) is -3.19. The smallest absolute Gasteiger partial charge is 0.251 e. The number of hydrogen-bond acceptors (Lipinski definition) is 5. The summed E-state index contributed by atoms with van der Waals surface area (Å²) in [6.45, 7) is 3.91. The van der Waals surface area contributed by atoms with Crippen molar-refractivity contribution in [1.29, 1.82) is 0 Å². The monoisotopic (exact) mass is 405 g/mol. The molecule has 4 rings (SSSR count). The summed E-state index contributed by atoms with van der Waals surface area (Å²) in [6.07, 6.45) is 1.73. The van der Waals surface area contributed by atoms with E-state index in [1.807, 2.05) is 11.3 Å². The fourth-order valence-corrected chi connectivity index (χ4v) is 6.09. The average molecular weight is 406 g/mol. The van der Waals surface area contributed by atoms with Gasteiger partial charge in [-0.05, 0) is 54.1 Å². The molecule has 6 nitrogen and oxygen atoms in total. The number of sulfonamides is 1. The first-order valence-corrected chi connectivity index (χ1v) is 11.7. The fraction of sp³-hybridized carbons (Fsp3) is 0.421. The van der Waals surface area contributed by atoms with Gasteiger partial charge in [0.1, 0.15) is 0 Å². The molecule has 1 aromatic heterocycles. The van der Waals surface area contributed by atoms with Crippen LogP contribution in [0.15, 0.2) is 35.7 Å². The molecule has 2 aliphatic heterocycles. The third kappa shape index (κ3) is 4.02. The Morgan fingerprint density at radius 2 is 1.96 bits per heavy atom. The first kappa shape index (κ1) is 18.5. The summed E-state index contributed by atoms with van der Waals surface area (Å²) in [5.41, 5.74) is 2.59. The first-order chi connectivity index (χ1) is 13.0. The number of rotatable bonds is 5. The van der Waals surface area contributed by atoms with Crippen molar-refractivity contribution in [2.45, 2.75) is 19.4 Å². The van der Waals surface area contributed by atoms with Crippen LogP contribution in [0.2, 0.25) is 0 Å². The van der Waals surface area contributed by atoms with Crippen LogP contribution < -0.4 is 9.62 Å². The van der Waals surface area contributed by atoms with Crippen molar-refractivity contribution in [3.8, 4) is 0 Å². The van der Waals surface area contributed by atoms with Gasteiger partial charge < -0.3 is 5.32 Å². The number of nitrogens with zero attached hydrogens (tertiary/aromatic N) is 2. The van der Waals surface area contributed by atoms with E-state index >= 15 is 0 Å². The van der Waals surface area contributed by atoms with Gasteiger partial charge in [0.25, 0.3) is 5.91 Å². The number of nitrogens with one attached hydrogen (secondary N) is 1. The number of carbonyl (C=O) groups excluding carboxylic acids is 1. The van der Waals surface area contributed by atoms with Gasteiger partial charge in [-0.15, -0.1) is 11.3 Å². The number of hydrogen-bond donors (Lipinski definition) is 1. The quantitative estimate of drug-likeness (QED) is 0.827. The summed E-state index contributed by atoms with van der Waals surface area (Å²) < 4.78 is 25.4. The lowest BCUT2D eigenvalue weighted by atomic mass is 10.1. The summed E-state index contributed by atoms with van der Waals surface area (Å²) in [4.78, 5) is 16.2. The second-order valence-electron chi connectivity index (χ2n) is 6.94. The zero-order valence-electron chi connectivity index (χ0n) is 15.1. The van der Waals surface area contributed by atoms with Crippen molar-refractivity contribution in [2.75, 3.05) is 36.2 Å². The van der Waals surface area contributed by atoms with Gasteiger partial charge in [-0.25, -0.2) is 8.42 Å². The number of amides is 1. The van der Waals surface area contributed by atoms with Crippen LogP contribution in [0.25, 0.3) is 0 Å². The summed E-state index contributed by atoms with van der Waals surface area (Å²) >= 11 is 1.83. The molecule has 0 bridgehead atoms. The van der Waals surface area contributed by atoms with Crippen LogP contribution in [0.4, 0.5) is 5.69 Å². The molecule has 2 aliphatic rings. The van der Waals surface area contributed by atoms with Gasteiger partial charge >= 0.3 is 0 Å². The number of carbonyl (C=O) groups is 1. The van der Waals surface area contributed by atoms with Crippen molar-refractivity contribution < 1.29 is 13.2 Å². The molecule has 8 heteroatoms. The Labute approximate surface area is 163 Å². The number of fused-ring (bicyclic) bond motifs is 1. The Morgan fingerprint density at radius 3 is 2.70 bits per heavy atom. The highest BCUT2D eigenvalue weighted by atomic mass is 32.2. The topological polar surface area (TPSA) is 69.7 Å². The number of benzene rings is 1. The third-order valence-corrected chi connectivity index (χ3v) is 8.01. The van der Waals surface area contributed by atoms with Gasteiger partial charge in [0.2, 0.25) is 10.0 Å². The lowest BCUT2D eigenvalue weighted by molar-refractivity contribution is 0.0947. The molecular formula is C19H23N3O3S2. The van der Waals surface area contributed by atoms with E-state index in [9.17, 15) is 13.2 Å². The average Bonchev–Trinajstić information content (AvgIpc) is 3.27. The maximum absolute atomic E-state index is 12.3. The molecule has 1 amide bonds. The van der Waals surface area contributed by atoms with Crippen LogP contribution in [0.5, 0.6) is 0 Å². The summed E-state index contributed by atoms with van der Waals surface area (Å²) in [6, 6.07) is 8.99. The summed E-state index contributed by atoms with van der Waals surface area (Å²) in [5.74, 6) is 0.0672. The van der Waals surface area contributed by atoms with Crippen LogP contribution in [0.1, 0.15) is 27.2 Å². The molecule has 0 unspecified atom stereocenters. The van der Waals surface area contributed by atoms with E-state index in [1.54, 1.807) is 24.3 Å². The van der Waals surface area contributed by atoms with E-state index < -0.39 is 10.0 Å². The molecule has 1 fully saturated rings. The highest BCUT2D eigenvalue weighted by molar-refractivity contribution is 7.93. The summed E-state index contributed by atoms with van der Waals surface area (Å²) in [5, 5.41) is 5.11. The van der Waals surface area contributed by atoms with E-state index in [1.165, 1.54) is 14.7 Å². The molecular weight excluding hydrogens is 382 g/mol. The molecule has 144 valence electrons. The molecule has 0 radical (unpaired) electrons. The molecule has 1 N–H and O–H groups in total. The van der Waals surface area contributed by atoms with Crippen LogP contribution in [-0.2, 0) is 23.0 Å². The van der Waals surface area contributed by atoms with Crippen molar-refractivity contribution >= 4 is 33.0 Å². The Bertz CT molecular complexity index is 922. The molecule has 2 aromatic rings. The van der Waals surface area contributed by atoms with E-state index in [-0.39, 0.29) is 11.7 Å². The largest absolute Gasteiger partial charge is 0.351 e. The highest BCUT2D eigenvalue weighted by Crippen LogP contribution is 2.25. The predicted molar refractivity (Wildman–Crippen MR) is 108 cm³/mol. The van der Waals surface area contributed by atoms with Crippen LogP contribution in [0, 0.1) is 0 Å². The number of anilines is 1.